The minimum atomic E-state index is 0.0284. The number of rotatable bonds is 3. The Morgan fingerprint density at radius 2 is 2.44 bits per heavy atom. The zero-order chi connectivity index (χ0) is 13.1. The summed E-state index contributed by atoms with van der Waals surface area (Å²) in [5.41, 5.74) is 0.617. The number of carbonyl (C=O) groups excluding carboxylic acids is 1. The fourth-order valence-corrected chi connectivity index (χ4v) is 3.58. The van der Waals surface area contributed by atoms with Crippen LogP contribution in [0.3, 0.4) is 0 Å². The van der Waals surface area contributed by atoms with Crippen molar-refractivity contribution < 1.29 is 4.79 Å². The molecule has 0 radical (unpaired) electrons. The number of nitrogens with zero attached hydrogens (tertiary/aromatic N) is 2. The van der Waals surface area contributed by atoms with Gasteiger partial charge >= 0.3 is 0 Å². The van der Waals surface area contributed by atoms with Gasteiger partial charge in [-0.2, -0.15) is 11.8 Å². The Balaban J connectivity index is 2.24. The molecule has 1 fully saturated rings. The van der Waals surface area contributed by atoms with Gasteiger partial charge in [0.2, 0.25) is 0 Å². The fourth-order valence-electron chi connectivity index (χ4n) is 1.98. The highest BCUT2D eigenvalue weighted by molar-refractivity contribution is 9.10. The number of nitrogens with one attached hydrogen (secondary N) is 1. The second-order valence-corrected chi connectivity index (χ2v) is 6.30. The van der Waals surface area contributed by atoms with Crippen LogP contribution < -0.4 is 5.32 Å². The van der Waals surface area contributed by atoms with Crippen molar-refractivity contribution in [1.82, 2.24) is 9.88 Å². The molecule has 0 saturated carbocycles. The van der Waals surface area contributed by atoms with Gasteiger partial charge in [-0.15, -0.1) is 0 Å². The number of hydrogen-bond donors (Lipinski definition) is 1. The smallest absolute Gasteiger partial charge is 0.257 e. The summed E-state index contributed by atoms with van der Waals surface area (Å²) in [5, 5.41) is 2.96. The molecule has 1 saturated heterocycles. The summed E-state index contributed by atoms with van der Waals surface area (Å²) in [6.07, 6.45) is 2.76. The van der Waals surface area contributed by atoms with Gasteiger partial charge < -0.3 is 10.2 Å². The first kappa shape index (κ1) is 13.7. The predicted molar refractivity (Wildman–Crippen MR) is 79.3 cm³/mol. The van der Waals surface area contributed by atoms with E-state index >= 15 is 0 Å². The summed E-state index contributed by atoms with van der Waals surface area (Å²) in [4.78, 5) is 18.5. The monoisotopic (exact) mass is 329 g/mol. The number of pyridine rings is 1. The van der Waals surface area contributed by atoms with Crippen LogP contribution in [0.25, 0.3) is 0 Å². The lowest BCUT2D eigenvalue weighted by Gasteiger charge is -2.24. The zero-order valence-electron chi connectivity index (χ0n) is 10.4. The maximum Gasteiger partial charge on any atom is 0.257 e. The normalized spacial score (nSPS) is 18.7. The molecule has 4 nitrogen and oxygen atoms in total. The van der Waals surface area contributed by atoms with E-state index in [-0.39, 0.29) is 5.91 Å². The average Bonchev–Trinajstić information content (AvgIpc) is 2.90. The number of halogens is 1. The highest BCUT2D eigenvalue weighted by atomic mass is 79.9. The van der Waals surface area contributed by atoms with Crippen LogP contribution in [0.4, 0.5) is 5.82 Å². The minimum absolute atomic E-state index is 0.0284. The molecular weight excluding hydrogens is 314 g/mol. The SMILES string of the molecule is CNc1ncc(Br)cc1C(=O)N(C)C1CCSC1. The molecule has 0 aliphatic carbocycles. The Bertz CT molecular complexity index is 449. The highest BCUT2D eigenvalue weighted by Crippen LogP contribution is 2.25. The summed E-state index contributed by atoms with van der Waals surface area (Å²) < 4.78 is 0.819. The van der Waals surface area contributed by atoms with Crippen LogP contribution in [0.2, 0.25) is 0 Å². The Kier molecular flexibility index (Phi) is 4.50. The second kappa shape index (κ2) is 5.93. The lowest BCUT2D eigenvalue weighted by atomic mass is 10.1. The van der Waals surface area contributed by atoms with E-state index in [1.807, 2.05) is 29.8 Å². The van der Waals surface area contributed by atoms with Crippen LogP contribution in [0.1, 0.15) is 16.8 Å². The van der Waals surface area contributed by atoms with Crippen molar-refractivity contribution in [3.63, 3.8) is 0 Å². The molecule has 1 aliphatic rings. The van der Waals surface area contributed by atoms with Crippen LogP contribution in [0.5, 0.6) is 0 Å². The van der Waals surface area contributed by atoms with Gasteiger partial charge in [-0.05, 0) is 34.2 Å². The van der Waals surface area contributed by atoms with Crippen molar-refractivity contribution in [1.29, 1.82) is 0 Å². The predicted octanol–water partition coefficient (Wildman–Crippen LogP) is 2.46. The van der Waals surface area contributed by atoms with Gasteiger partial charge in [0.05, 0.1) is 5.56 Å². The molecule has 18 heavy (non-hydrogen) atoms. The van der Waals surface area contributed by atoms with E-state index in [0.29, 0.717) is 17.4 Å². The number of amides is 1. The third-order valence-electron chi connectivity index (χ3n) is 3.10. The Hall–Kier alpha value is -0.750. The molecule has 0 bridgehead atoms. The number of aromatic nitrogens is 1. The van der Waals surface area contributed by atoms with Crippen LogP contribution in [0, 0.1) is 0 Å². The second-order valence-electron chi connectivity index (χ2n) is 4.23. The van der Waals surface area contributed by atoms with Gasteiger partial charge in [0, 0.05) is 36.6 Å². The van der Waals surface area contributed by atoms with Crippen LogP contribution in [-0.4, -0.2) is 47.4 Å². The molecule has 1 atom stereocenters. The van der Waals surface area contributed by atoms with Gasteiger partial charge in [-0.1, -0.05) is 0 Å². The Morgan fingerprint density at radius 3 is 3.06 bits per heavy atom. The lowest BCUT2D eigenvalue weighted by Crippen LogP contribution is -2.37. The summed E-state index contributed by atoms with van der Waals surface area (Å²) in [5.74, 6) is 2.82. The van der Waals surface area contributed by atoms with Crippen LogP contribution in [0.15, 0.2) is 16.7 Å². The lowest BCUT2D eigenvalue weighted by molar-refractivity contribution is 0.0748. The molecule has 1 aromatic rings. The molecule has 0 aromatic carbocycles. The van der Waals surface area contributed by atoms with E-state index in [9.17, 15) is 4.79 Å². The van der Waals surface area contributed by atoms with Crippen molar-refractivity contribution in [3.05, 3.63) is 22.3 Å². The maximum atomic E-state index is 12.5. The van der Waals surface area contributed by atoms with E-state index in [1.54, 1.807) is 13.2 Å². The van der Waals surface area contributed by atoms with E-state index in [1.165, 1.54) is 0 Å². The van der Waals surface area contributed by atoms with Gasteiger partial charge in [-0.3, -0.25) is 4.79 Å². The first-order chi connectivity index (χ1) is 8.63. The van der Waals surface area contributed by atoms with E-state index in [2.05, 4.69) is 26.2 Å². The van der Waals surface area contributed by atoms with E-state index in [4.69, 9.17) is 0 Å². The molecule has 1 N–H and O–H groups in total. The third-order valence-corrected chi connectivity index (χ3v) is 4.67. The molecule has 2 heterocycles. The van der Waals surface area contributed by atoms with E-state index in [0.717, 1.165) is 22.4 Å². The van der Waals surface area contributed by atoms with Gasteiger partial charge in [0.25, 0.3) is 5.91 Å². The maximum absolute atomic E-state index is 12.5. The molecular formula is C12H16BrN3OS. The third kappa shape index (κ3) is 2.80. The molecule has 6 heteroatoms. The molecule has 1 amide bonds. The largest absolute Gasteiger partial charge is 0.372 e. The molecule has 1 unspecified atom stereocenters. The summed E-state index contributed by atoms with van der Waals surface area (Å²) in [6.45, 7) is 0. The van der Waals surface area contributed by atoms with Crippen LogP contribution in [-0.2, 0) is 0 Å². The molecule has 98 valence electrons. The van der Waals surface area contributed by atoms with Gasteiger partial charge in [0.15, 0.2) is 0 Å². The molecule has 1 aromatic heterocycles. The number of thioether (sulfide) groups is 1. The Labute approximate surface area is 120 Å². The standard InChI is InChI=1S/C12H16BrN3OS/c1-14-11-10(5-8(13)6-15-11)12(17)16(2)9-3-4-18-7-9/h5-6,9H,3-4,7H2,1-2H3,(H,14,15). The number of carbonyl (C=O) groups is 1. The molecule has 2 rings (SSSR count). The number of anilines is 1. The van der Waals surface area contributed by atoms with Crippen molar-refractivity contribution in [2.24, 2.45) is 0 Å². The first-order valence-electron chi connectivity index (χ1n) is 5.81. The minimum Gasteiger partial charge on any atom is -0.372 e. The molecule has 0 spiro atoms. The van der Waals surface area contributed by atoms with Gasteiger partial charge in [-0.25, -0.2) is 4.98 Å². The summed E-state index contributed by atoms with van der Waals surface area (Å²) >= 11 is 5.26. The quantitative estimate of drug-likeness (QED) is 0.925. The van der Waals surface area contributed by atoms with Gasteiger partial charge in [0.1, 0.15) is 5.82 Å². The summed E-state index contributed by atoms with van der Waals surface area (Å²) in [6, 6.07) is 2.16. The number of hydrogen-bond acceptors (Lipinski definition) is 4. The molecule has 1 aliphatic heterocycles. The van der Waals surface area contributed by atoms with Crippen LogP contribution >= 0.6 is 27.7 Å². The highest BCUT2D eigenvalue weighted by Gasteiger charge is 2.26. The fraction of sp³-hybridized carbons (Fsp3) is 0.500. The van der Waals surface area contributed by atoms with Crippen molar-refractivity contribution in [3.8, 4) is 0 Å². The summed E-state index contributed by atoms with van der Waals surface area (Å²) in [7, 11) is 3.65. The Morgan fingerprint density at radius 1 is 1.67 bits per heavy atom. The topological polar surface area (TPSA) is 45.2 Å². The zero-order valence-corrected chi connectivity index (χ0v) is 12.8. The van der Waals surface area contributed by atoms with Crippen molar-refractivity contribution in [2.45, 2.75) is 12.5 Å². The first-order valence-corrected chi connectivity index (χ1v) is 7.76. The van der Waals surface area contributed by atoms with Crippen molar-refractivity contribution >= 4 is 39.4 Å². The average molecular weight is 330 g/mol. The van der Waals surface area contributed by atoms with Crippen molar-refractivity contribution in [2.75, 3.05) is 30.9 Å². The van der Waals surface area contributed by atoms with E-state index < -0.39 is 0 Å².